The zero-order valence-electron chi connectivity index (χ0n) is 14.8. The average molecular weight is 344 g/mol. The van der Waals surface area contributed by atoms with Gasteiger partial charge in [-0.3, -0.25) is 0 Å². The van der Waals surface area contributed by atoms with Crippen LogP contribution in [0.15, 0.2) is 36.9 Å². The SMILES string of the molecule is CC(C)(C)[C@@H](Cn1ccnc1)NC(=O)NCc1ccc2c(c1)OCO2. The maximum Gasteiger partial charge on any atom is 0.315 e. The van der Waals surface area contributed by atoms with Gasteiger partial charge in [0.1, 0.15) is 0 Å². The maximum atomic E-state index is 12.3. The average Bonchev–Trinajstić information content (AvgIpc) is 3.22. The molecule has 1 aromatic carbocycles. The van der Waals surface area contributed by atoms with Crippen molar-refractivity contribution in [1.82, 2.24) is 20.2 Å². The minimum Gasteiger partial charge on any atom is -0.454 e. The Hall–Kier alpha value is -2.70. The first-order valence-corrected chi connectivity index (χ1v) is 8.30. The van der Waals surface area contributed by atoms with E-state index in [0.29, 0.717) is 18.8 Å². The van der Waals surface area contributed by atoms with Gasteiger partial charge in [-0.1, -0.05) is 26.8 Å². The molecule has 1 aliphatic heterocycles. The molecule has 0 saturated carbocycles. The Morgan fingerprint density at radius 3 is 2.84 bits per heavy atom. The van der Waals surface area contributed by atoms with Crippen LogP contribution in [0.5, 0.6) is 11.5 Å². The number of urea groups is 1. The molecule has 25 heavy (non-hydrogen) atoms. The summed E-state index contributed by atoms with van der Waals surface area (Å²) in [7, 11) is 0. The highest BCUT2D eigenvalue weighted by molar-refractivity contribution is 5.74. The molecule has 1 aliphatic rings. The lowest BCUT2D eigenvalue weighted by molar-refractivity contribution is 0.174. The summed E-state index contributed by atoms with van der Waals surface area (Å²) in [5.41, 5.74) is 0.877. The van der Waals surface area contributed by atoms with Gasteiger partial charge in [0.25, 0.3) is 0 Å². The van der Waals surface area contributed by atoms with Gasteiger partial charge in [-0.25, -0.2) is 9.78 Å². The number of carbonyl (C=O) groups excluding carboxylic acids is 1. The molecule has 134 valence electrons. The van der Waals surface area contributed by atoms with Gasteiger partial charge in [0.15, 0.2) is 11.5 Å². The lowest BCUT2D eigenvalue weighted by Crippen LogP contribution is -2.49. The van der Waals surface area contributed by atoms with Crippen LogP contribution in [-0.2, 0) is 13.1 Å². The second-order valence-electron chi connectivity index (χ2n) is 7.19. The predicted octanol–water partition coefficient (Wildman–Crippen LogP) is 2.53. The Bertz CT molecular complexity index is 722. The summed E-state index contributed by atoms with van der Waals surface area (Å²) in [4.78, 5) is 16.4. The van der Waals surface area contributed by atoms with Gasteiger partial charge in [-0.15, -0.1) is 0 Å². The van der Waals surface area contributed by atoms with Crippen molar-refractivity contribution in [1.29, 1.82) is 0 Å². The molecule has 0 fully saturated rings. The van der Waals surface area contributed by atoms with Crippen molar-refractivity contribution < 1.29 is 14.3 Å². The van der Waals surface area contributed by atoms with Crippen LogP contribution in [0, 0.1) is 5.41 Å². The van der Waals surface area contributed by atoms with E-state index in [4.69, 9.17) is 9.47 Å². The number of nitrogens with zero attached hydrogens (tertiary/aromatic N) is 2. The number of rotatable bonds is 5. The summed E-state index contributed by atoms with van der Waals surface area (Å²) < 4.78 is 12.6. The van der Waals surface area contributed by atoms with Gasteiger partial charge in [-0.2, -0.15) is 0 Å². The lowest BCUT2D eigenvalue weighted by Gasteiger charge is -2.31. The van der Waals surface area contributed by atoms with E-state index in [2.05, 4.69) is 36.4 Å². The molecule has 2 amide bonds. The van der Waals surface area contributed by atoms with E-state index < -0.39 is 0 Å². The number of fused-ring (bicyclic) bond motifs is 1. The number of carbonyl (C=O) groups is 1. The van der Waals surface area contributed by atoms with Crippen LogP contribution < -0.4 is 20.1 Å². The minimum atomic E-state index is -0.197. The smallest absolute Gasteiger partial charge is 0.315 e. The zero-order valence-corrected chi connectivity index (χ0v) is 14.8. The molecule has 2 N–H and O–H groups in total. The van der Waals surface area contributed by atoms with Gasteiger partial charge in [0, 0.05) is 25.5 Å². The van der Waals surface area contributed by atoms with Gasteiger partial charge in [0.2, 0.25) is 6.79 Å². The first-order chi connectivity index (χ1) is 11.9. The Morgan fingerprint density at radius 1 is 1.32 bits per heavy atom. The first-order valence-electron chi connectivity index (χ1n) is 8.30. The Morgan fingerprint density at radius 2 is 2.12 bits per heavy atom. The van der Waals surface area contributed by atoms with Crippen molar-refractivity contribution in [3.8, 4) is 11.5 Å². The van der Waals surface area contributed by atoms with Crippen LogP contribution in [0.4, 0.5) is 4.79 Å². The summed E-state index contributed by atoms with van der Waals surface area (Å²) in [6.07, 6.45) is 5.38. The third-order valence-corrected chi connectivity index (χ3v) is 4.19. The largest absolute Gasteiger partial charge is 0.454 e. The second-order valence-corrected chi connectivity index (χ2v) is 7.19. The van der Waals surface area contributed by atoms with Crippen molar-refractivity contribution in [2.75, 3.05) is 6.79 Å². The van der Waals surface area contributed by atoms with Gasteiger partial charge in [-0.05, 0) is 23.1 Å². The number of benzene rings is 1. The minimum absolute atomic E-state index is 0.0292. The molecule has 0 spiro atoms. The molecule has 7 nitrogen and oxygen atoms in total. The summed E-state index contributed by atoms with van der Waals surface area (Å²) >= 11 is 0. The fraction of sp³-hybridized carbons (Fsp3) is 0.444. The third kappa shape index (κ3) is 4.43. The maximum absolute atomic E-state index is 12.3. The number of aromatic nitrogens is 2. The monoisotopic (exact) mass is 344 g/mol. The van der Waals surface area contributed by atoms with Gasteiger partial charge >= 0.3 is 6.03 Å². The van der Waals surface area contributed by atoms with E-state index in [1.165, 1.54) is 0 Å². The van der Waals surface area contributed by atoms with Crippen LogP contribution >= 0.6 is 0 Å². The molecule has 7 heteroatoms. The fourth-order valence-corrected chi connectivity index (χ4v) is 2.58. The number of imidazole rings is 1. The van der Waals surface area contributed by atoms with Crippen molar-refractivity contribution in [3.63, 3.8) is 0 Å². The Labute approximate surface area is 147 Å². The highest BCUT2D eigenvalue weighted by atomic mass is 16.7. The van der Waals surface area contributed by atoms with Crippen molar-refractivity contribution in [3.05, 3.63) is 42.5 Å². The molecule has 3 rings (SSSR count). The van der Waals surface area contributed by atoms with Gasteiger partial charge < -0.3 is 24.7 Å². The Kier molecular flexibility index (Phi) is 4.83. The summed E-state index contributed by atoms with van der Waals surface area (Å²) in [6, 6.07) is 5.43. The normalized spacial score (nSPS) is 14.2. The first kappa shape index (κ1) is 17.1. The van der Waals surface area contributed by atoms with E-state index in [0.717, 1.165) is 11.3 Å². The fourth-order valence-electron chi connectivity index (χ4n) is 2.58. The van der Waals surface area contributed by atoms with E-state index >= 15 is 0 Å². The van der Waals surface area contributed by atoms with Crippen LogP contribution in [0.1, 0.15) is 26.3 Å². The highest BCUT2D eigenvalue weighted by Crippen LogP contribution is 2.32. The molecular weight excluding hydrogens is 320 g/mol. The van der Waals surface area contributed by atoms with Crippen molar-refractivity contribution in [2.45, 2.75) is 39.9 Å². The Balaban J connectivity index is 1.56. The molecule has 0 aliphatic carbocycles. The van der Waals surface area contributed by atoms with E-state index in [1.807, 2.05) is 29.0 Å². The van der Waals surface area contributed by atoms with Crippen LogP contribution in [0.3, 0.4) is 0 Å². The quantitative estimate of drug-likeness (QED) is 0.874. The standard InChI is InChI=1S/C18H24N4O3/c1-18(2,3)16(10-22-7-6-19-11-22)21-17(23)20-9-13-4-5-14-15(8-13)25-12-24-14/h4-8,11,16H,9-10,12H2,1-3H3,(H2,20,21,23)/t16-/m1/s1. The zero-order chi connectivity index (χ0) is 17.9. The van der Waals surface area contributed by atoms with Crippen LogP contribution in [0.2, 0.25) is 0 Å². The number of amides is 2. The topological polar surface area (TPSA) is 77.4 Å². The molecule has 1 atom stereocenters. The van der Waals surface area contributed by atoms with E-state index in [9.17, 15) is 4.79 Å². The number of nitrogens with one attached hydrogen (secondary N) is 2. The summed E-state index contributed by atoms with van der Waals surface area (Å²) in [5.74, 6) is 1.45. The lowest BCUT2D eigenvalue weighted by atomic mass is 9.86. The van der Waals surface area contributed by atoms with Crippen molar-refractivity contribution in [2.24, 2.45) is 5.41 Å². The molecule has 0 bridgehead atoms. The third-order valence-electron chi connectivity index (χ3n) is 4.19. The number of hydrogen-bond acceptors (Lipinski definition) is 4. The molecule has 0 radical (unpaired) electrons. The molecule has 1 aromatic heterocycles. The molecule has 2 aromatic rings. The molecule has 2 heterocycles. The highest BCUT2D eigenvalue weighted by Gasteiger charge is 2.26. The number of hydrogen-bond donors (Lipinski definition) is 2. The molecule has 0 unspecified atom stereocenters. The van der Waals surface area contributed by atoms with Crippen molar-refractivity contribution >= 4 is 6.03 Å². The second kappa shape index (κ2) is 7.04. The van der Waals surface area contributed by atoms with Crippen LogP contribution in [-0.4, -0.2) is 28.4 Å². The predicted molar refractivity (Wildman–Crippen MR) is 93.4 cm³/mol. The number of ether oxygens (including phenoxy) is 2. The molecule has 0 saturated heterocycles. The molecular formula is C18H24N4O3. The summed E-state index contributed by atoms with van der Waals surface area (Å²) in [6.45, 7) is 7.64. The van der Waals surface area contributed by atoms with E-state index in [-0.39, 0.29) is 24.3 Å². The van der Waals surface area contributed by atoms with E-state index in [1.54, 1.807) is 12.5 Å². The van der Waals surface area contributed by atoms with Gasteiger partial charge in [0.05, 0.1) is 12.4 Å². The summed E-state index contributed by atoms with van der Waals surface area (Å²) in [5, 5.41) is 5.96. The van der Waals surface area contributed by atoms with Crippen LogP contribution in [0.25, 0.3) is 0 Å².